The van der Waals surface area contributed by atoms with Gasteiger partial charge in [0.15, 0.2) is 0 Å². The molecule has 1 aromatic heterocycles. The van der Waals surface area contributed by atoms with Gasteiger partial charge in [-0.25, -0.2) is 9.59 Å². The summed E-state index contributed by atoms with van der Waals surface area (Å²) in [7, 11) is 0. The topological polar surface area (TPSA) is 67.9 Å². The number of amides is 2. The maximum atomic E-state index is 12.7. The van der Waals surface area contributed by atoms with Crippen molar-refractivity contribution < 1.29 is 19.1 Å². The van der Waals surface area contributed by atoms with Gasteiger partial charge in [0.25, 0.3) is 0 Å². The smallest absolute Gasteiger partial charge is 0.341 e. The van der Waals surface area contributed by atoms with Crippen molar-refractivity contribution in [2.45, 2.75) is 32.7 Å². The van der Waals surface area contributed by atoms with Crippen molar-refractivity contribution in [3.05, 3.63) is 16.5 Å². The Labute approximate surface area is 139 Å². The highest BCUT2D eigenvalue weighted by Crippen LogP contribution is 2.37. The van der Waals surface area contributed by atoms with E-state index in [1.54, 1.807) is 13.0 Å². The van der Waals surface area contributed by atoms with E-state index in [1.165, 1.54) is 11.3 Å². The lowest BCUT2D eigenvalue weighted by Crippen LogP contribution is -2.51. The van der Waals surface area contributed by atoms with Gasteiger partial charge in [0, 0.05) is 11.4 Å². The molecule has 0 radical (unpaired) electrons. The number of esters is 1. The van der Waals surface area contributed by atoms with Gasteiger partial charge in [0.2, 0.25) is 0 Å². The second-order valence-electron chi connectivity index (χ2n) is 5.92. The molecule has 6 nitrogen and oxygen atoms in total. The van der Waals surface area contributed by atoms with Crippen LogP contribution in [0.5, 0.6) is 0 Å². The summed E-state index contributed by atoms with van der Waals surface area (Å²) in [5, 5.41) is 3.46. The summed E-state index contributed by atoms with van der Waals surface area (Å²) >= 11 is 1.40. The number of hydrogen-bond acceptors (Lipinski definition) is 5. The van der Waals surface area contributed by atoms with E-state index < -0.39 is 5.97 Å². The van der Waals surface area contributed by atoms with Crippen molar-refractivity contribution in [2.24, 2.45) is 5.92 Å². The molecule has 0 bridgehead atoms. The molecular formula is C16H22N2O4S. The van der Waals surface area contributed by atoms with Crippen LogP contribution in [0.3, 0.4) is 0 Å². The van der Waals surface area contributed by atoms with Gasteiger partial charge in [-0.05, 0) is 38.7 Å². The normalized spacial score (nSPS) is 21.1. The molecule has 126 valence electrons. The van der Waals surface area contributed by atoms with Crippen molar-refractivity contribution in [3.63, 3.8) is 0 Å². The van der Waals surface area contributed by atoms with Gasteiger partial charge in [0.1, 0.15) is 5.00 Å². The molecule has 3 rings (SSSR count). The Bertz CT molecular complexity index is 597. The molecule has 1 saturated carbocycles. The molecule has 1 aliphatic heterocycles. The van der Waals surface area contributed by atoms with Crippen LogP contribution in [0, 0.1) is 12.8 Å². The van der Waals surface area contributed by atoms with E-state index in [-0.39, 0.29) is 12.1 Å². The molecule has 2 aliphatic rings. The Hall–Kier alpha value is -1.60. The maximum absolute atomic E-state index is 12.7. The molecule has 7 heteroatoms. The van der Waals surface area contributed by atoms with E-state index in [4.69, 9.17) is 9.47 Å². The molecule has 1 saturated heterocycles. The zero-order valence-corrected chi connectivity index (χ0v) is 14.3. The second-order valence-corrected chi connectivity index (χ2v) is 7.18. The number of rotatable bonds is 4. The van der Waals surface area contributed by atoms with Gasteiger partial charge < -0.3 is 14.4 Å². The van der Waals surface area contributed by atoms with Crippen LogP contribution in [-0.2, 0) is 9.47 Å². The highest BCUT2D eigenvalue weighted by Gasteiger charge is 2.39. The van der Waals surface area contributed by atoms with Gasteiger partial charge >= 0.3 is 12.0 Å². The largest absolute Gasteiger partial charge is 0.462 e. The predicted octanol–water partition coefficient (Wildman–Crippen LogP) is 2.88. The first kappa shape index (κ1) is 16.3. The van der Waals surface area contributed by atoms with Crippen LogP contribution < -0.4 is 5.32 Å². The predicted molar refractivity (Wildman–Crippen MR) is 88.1 cm³/mol. The van der Waals surface area contributed by atoms with Crippen molar-refractivity contribution in [3.8, 4) is 0 Å². The first-order valence-electron chi connectivity index (χ1n) is 8.03. The number of ether oxygens (including phenoxy) is 2. The van der Waals surface area contributed by atoms with E-state index in [0.29, 0.717) is 42.8 Å². The monoisotopic (exact) mass is 338 g/mol. The van der Waals surface area contributed by atoms with Crippen LogP contribution in [0.2, 0.25) is 0 Å². The average Bonchev–Trinajstić information content (AvgIpc) is 3.31. The first-order chi connectivity index (χ1) is 11.1. The fourth-order valence-corrected chi connectivity index (χ4v) is 3.77. The van der Waals surface area contributed by atoms with Crippen molar-refractivity contribution in [1.29, 1.82) is 0 Å². The van der Waals surface area contributed by atoms with Crippen LogP contribution in [0.15, 0.2) is 6.07 Å². The van der Waals surface area contributed by atoms with E-state index in [0.717, 1.165) is 17.7 Å². The minimum atomic E-state index is -0.395. The van der Waals surface area contributed by atoms with Crippen molar-refractivity contribution >= 4 is 28.3 Å². The highest BCUT2D eigenvalue weighted by molar-refractivity contribution is 7.16. The number of carbonyl (C=O) groups is 2. The zero-order valence-electron chi connectivity index (χ0n) is 13.5. The Kier molecular flexibility index (Phi) is 4.87. The Morgan fingerprint density at radius 3 is 2.96 bits per heavy atom. The number of urea groups is 1. The minimum absolute atomic E-state index is 0.149. The molecule has 0 spiro atoms. The van der Waals surface area contributed by atoms with Crippen LogP contribution >= 0.6 is 11.3 Å². The molecule has 0 aromatic carbocycles. The van der Waals surface area contributed by atoms with Gasteiger partial charge in [-0.3, -0.25) is 5.32 Å². The number of morpholine rings is 1. The van der Waals surface area contributed by atoms with Crippen molar-refractivity contribution in [2.75, 3.05) is 31.7 Å². The van der Waals surface area contributed by atoms with Gasteiger partial charge in [-0.15, -0.1) is 11.3 Å². The summed E-state index contributed by atoms with van der Waals surface area (Å²) in [6.07, 6.45) is 2.31. The minimum Gasteiger partial charge on any atom is -0.462 e. The molecular weight excluding hydrogens is 316 g/mol. The Morgan fingerprint density at radius 2 is 2.26 bits per heavy atom. The van der Waals surface area contributed by atoms with Crippen molar-refractivity contribution in [1.82, 2.24) is 4.90 Å². The average molecular weight is 338 g/mol. The van der Waals surface area contributed by atoms with Crippen LogP contribution in [-0.4, -0.2) is 49.3 Å². The second kappa shape index (κ2) is 6.88. The van der Waals surface area contributed by atoms with E-state index in [9.17, 15) is 9.59 Å². The lowest BCUT2D eigenvalue weighted by atomic mass is 10.1. The van der Waals surface area contributed by atoms with E-state index >= 15 is 0 Å². The standard InChI is InChI=1S/C16H22N2O4S/c1-3-22-15(19)12-8-10(2)23-14(12)17-16(20)18-6-7-21-9-13(18)11-4-5-11/h8,11,13H,3-7,9H2,1-2H3,(H,17,20). The molecule has 2 fully saturated rings. The molecule has 1 N–H and O–H groups in total. The molecule has 2 heterocycles. The zero-order chi connectivity index (χ0) is 16.4. The molecule has 1 unspecified atom stereocenters. The number of thiophene rings is 1. The third-order valence-corrected chi connectivity index (χ3v) is 5.13. The lowest BCUT2D eigenvalue weighted by molar-refractivity contribution is 0.00773. The molecule has 1 aromatic rings. The number of nitrogens with one attached hydrogen (secondary N) is 1. The SMILES string of the molecule is CCOC(=O)c1cc(C)sc1NC(=O)N1CCOCC1C1CC1. The summed E-state index contributed by atoms with van der Waals surface area (Å²) in [5.74, 6) is 0.156. The number of nitrogens with zero attached hydrogens (tertiary/aromatic N) is 1. The number of hydrogen-bond donors (Lipinski definition) is 1. The summed E-state index contributed by atoms with van der Waals surface area (Å²) in [4.78, 5) is 27.5. The summed E-state index contributed by atoms with van der Waals surface area (Å²) in [6, 6.07) is 1.75. The van der Waals surface area contributed by atoms with Gasteiger partial charge in [0.05, 0.1) is 31.4 Å². The molecule has 1 atom stereocenters. The fourth-order valence-electron chi connectivity index (χ4n) is 2.88. The lowest BCUT2D eigenvalue weighted by Gasteiger charge is -2.35. The quantitative estimate of drug-likeness (QED) is 0.857. The summed E-state index contributed by atoms with van der Waals surface area (Å²) < 4.78 is 10.6. The fraction of sp³-hybridized carbons (Fsp3) is 0.625. The van der Waals surface area contributed by atoms with E-state index in [2.05, 4.69) is 5.32 Å². The maximum Gasteiger partial charge on any atom is 0.341 e. The van der Waals surface area contributed by atoms with Crippen LogP contribution in [0.1, 0.15) is 35.0 Å². The number of carbonyl (C=O) groups excluding carboxylic acids is 2. The highest BCUT2D eigenvalue weighted by atomic mass is 32.1. The van der Waals surface area contributed by atoms with E-state index in [1.807, 2.05) is 11.8 Å². The van der Waals surface area contributed by atoms with Gasteiger partial charge in [-0.1, -0.05) is 0 Å². The Morgan fingerprint density at radius 1 is 1.48 bits per heavy atom. The first-order valence-corrected chi connectivity index (χ1v) is 8.84. The number of anilines is 1. The molecule has 23 heavy (non-hydrogen) atoms. The summed E-state index contributed by atoms with van der Waals surface area (Å²) in [6.45, 7) is 5.74. The third-order valence-electron chi connectivity index (χ3n) is 4.16. The number of aryl methyl sites for hydroxylation is 1. The van der Waals surface area contributed by atoms with Crippen LogP contribution in [0.25, 0.3) is 0 Å². The molecule has 1 aliphatic carbocycles. The summed E-state index contributed by atoms with van der Waals surface area (Å²) in [5.41, 5.74) is 0.430. The van der Waals surface area contributed by atoms with Gasteiger partial charge in [-0.2, -0.15) is 0 Å². The molecule has 2 amide bonds. The third kappa shape index (κ3) is 3.67. The van der Waals surface area contributed by atoms with Crippen LogP contribution in [0.4, 0.5) is 9.80 Å². The Balaban J connectivity index is 1.73.